The van der Waals surface area contributed by atoms with Crippen molar-refractivity contribution in [2.45, 2.75) is 6.92 Å². The smallest absolute Gasteiger partial charge is 0.276 e. The molecule has 158 valence electrons. The van der Waals surface area contributed by atoms with Gasteiger partial charge in [-0.05, 0) is 42.3 Å². The Labute approximate surface area is 181 Å². The van der Waals surface area contributed by atoms with Gasteiger partial charge in [-0.1, -0.05) is 60.7 Å². The Bertz CT molecular complexity index is 1030. The second-order valence-electron chi connectivity index (χ2n) is 6.52. The van der Waals surface area contributed by atoms with Crippen LogP contribution in [0.2, 0.25) is 0 Å². The molecule has 0 bridgehead atoms. The highest BCUT2D eigenvalue weighted by molar-refractivity contribution is 5.93. The first kappa shape index (κ1) is 21.6. The monoisotopic (exact) mass is 416 g/mol. The number of benzene rings is 3. The van der Waals surface area contributed by atoms with Crippen molar-refractivity contribution < 1.29 is 19.1 Å². The number of hydrogen-bond acceptors (Lipinski definition) is 4. The molecule has 3 aromatic carbocycles. The first-order valence-electron chi connectivity index (χ1n) is 9.92. The third-order valence-electron chi connectivity index (χ3n) is 4.27. The van der Waals surface area contributed by atoms with Gasteiger partial charge in [0.1, 0.15) is 11.5 Å². The molecular weight excluding hydrogens is 392 g/mol. The van der Waals surface area contributed by atoms with Gasteiger partial charge in [0, 0.05) is 11.6 Å². The summed E-state index contributed by atoms with van der Waals surface area (Å²) in [7, 11) is 0. The Hall–Kier alpha value is -4.06. The van der Waals surface area contributed by atoms with Crippen molar-refractivity contribution in [3.63, 3.8) is 0 Å². The van der Waals surface area contributed by atoms with Gasteiger partial charge >= 0.3 is 0 Å². The van der Waals surface area contributed by atoms with E-state index in [1.165, 1.54) is 6.08 Å². The molecule has 2 N–H and O–H groups in total. The predicted molar refractivity (Wildman–Crippen MR) is 120 cm³/mol. The molecule has 3 rings (SSSR count). The highest BCUT2D eigenvalue weighted by Crippen LogP contribution is 2.29. The summed E-state index contributed by atoms with van der Waals surface area (Å²) in [6.07, 6.45) is 2.98. The summed E-state index contributed by atoms with van der Waals surface area (Å²) >= 11 is 0. The van der Waals surface area contributed by atoms with Crippen molar-refractivity contribution in [1.29, 1.82) is 0 Å². The van der Waals surface area contributed by atoms with E-state index in [1.807, 2.05) is 79.7 Å². The lowest BCUT2D eigenvalue weighted by Crippen LogP contribution is -2.43. The maximum atomic E-state index is 12.1. The minimum atomic E-state index is -0.467. The Kier molecular flexibility index (Phi) is 7.83. The van der Waals surface area contributed by atoms with Gasteiger partial charge in [0.25, 0.3) is 11.8 Å². The minimum Gasteiger partial charge on any atom is -0.494 e. The van der Waals surface area contributed by atoms with Crippen molar-refractivity contribution in [3.05, 3.63) is 90.5 Å². The van der Waals surface area contributed by atoms with Crippen LogP contribution >= 0.6 is 0 Å². The number of hydrazine groups is 1. The van der Waals surface area contributed by atoms with Crippen LogP contribution in [0, 0.1) is 0 Å². The number of amides is 2. The van der Waals surface area contributed by atoms with Crippen molar-refractivity contribution in [2.75, 3.05) is 13.2 Å². The quantitative estimate of drug-likeness (QED) is 0.430. The van der Waals surface area contributed by atoms with E-state index in [0.717, 1.165) is 22.4 Å². The second-order valence-corrected chi connectivity index (χ2v) is 6.52. The standard InChI is InChI=1S/C25H24N2O4/c1-2-30-21-15-12-19(13-16-21)14-17-24(28)26-27-25(29)18-31-23-11-7-6-10-22(23)20-8-4-3-5-9-20/h3-17H,2,18H2,1H3,(H,26,28)(H,27,29)/b17-14+. The number of ether oxygens (including phenoxy) is 2. The molecule has 3 aromatic rings. The summed E-state index contributed by atoms with van der Waals surface area (Å²) in [6.45, 7) is 2.28. The molecule has 31 heavy (non-hydrogen) atoms. The number of hydrogen-bond donors (Lipinski definition) is 2. The molecule has 0 unspecified atom stereocenters. The minimum absolute atomic E-state index is 0.229. The van der Waals surface area contributed by atoms with E-state index >= 15 is 0 Å². The zero-order chi connectivity index (χ0) is 21.9. The Balaban J connectivity index is 1.47. The topological polar surface area (TPSA) is 76.7 Å². The molecule has 0 spiro atoms. The van der Waals surface area contributed by atoms with E-state index in [1.54, 1.807) is 12.1 Å². The van der Waals surface area contributed by atoms with E-state index in [0.29, 0.717) is 12.4 Å². The molecule has 6 nitrogen and oxygen atoms in total. The highest BCUT2D eigenvalue weighted by Gasteiger charge is 2.08. The summed E-state index contributed by atoms with van der Waals surface area (Å²) in [5, 5.41) is 0. The second kappa shape index (κ2) is 11.2. The predicted octanol–water partition coefficient (Wildman–Crippen LogP) is 3.99. The molecule has 0 atom stereocenters. The lowest BCUT2D eigenvalue weighted by atomic mass is 10.1. The number of rotatable bonds is 8. The molecule has 0 fully saturated rings. The number of nitrogens with one attached hydrogen (secondary N) is 2. The average molecular weight is 416 g/mol. The van der Waals surface area contributed by atoms with Crippen LogP contribution in [0.5, 0.6) is 11.5 Å². The molecule has 0 radical (unpaired) electrons. The normalized spacial score (nSPS) is 10.5. The maximum Gasteiger partial charge on any atom is 0.276 e. The van der Waals surface area contributed by atoms with Crippen LogP contribution in [-0.2, 0) is 9.59 Å². The molecule has 0 heterocycles. The first-order valence-corrected chi connectivity index (χ1v) is 9.92. The van der Waals surface area contributed by atoms with Gasteiger partial charge in [-0.15, -0.1) is 0 Å². The molecule has 0 aliphatic rings. The fourth-order valence-electron chi connectivity index (χ4n) is 2.81. The zero-order valence-corrected chi connectivity index (χ0v) is 17.2. The van der Waals surface area contributed by atoms with E-state index < -0.39 is 11.8 Å². The van der Waals surface area contributed by atoms with E-state index in [9.17, 15) is 9.59 Å². The molecular formula is C25H24N2O4. The first-order chi connectivity index (χ1) is 15.2. The summed E-state index contributed by atoms with van der Waals surface area (Å²) < 4.78 is 11.0. The lowest BCUT2D eigenvalue weighted by Gasteiger charge is -2.12. The molecule has 0 aliphatic carbocycles. The van der Waals surface area contributed by atoms with Crippen LogP contribution in [0.1, 0.15) is 12.5 Å². The van der Waals surface area contributed by atoms with Crippen molar-refractivity contribution in [2.24, 2.45) is 0 Å². The van der Waals surface area contributed by atoms with Crippen LogP contribution in [0.4, 0.5) is 0 Å². The largest absolute Gasteiger partial charge is 0.494 e. The summed E-state index contributed by atoms with van der Waals surface area (Å²) in [6, 6.07) is 24.6. The molecule has 0 saturated heterocycles. The summed E-state index contributed by atoms with van der Waals surface area (Å²) in [5.41, 5.74) is 7.39. The Morgan fingerprint density at radius 2 is 1.55 bits per heavy atom. The van der Waals surface area contributed by atoms with Gasteiger partial charge in [-0.2, -0.15) is 0 Å². The summed E-state index contributed by atoms with van der Waals surface area (Å²) in [4.78, 5) is 24.0. The zero-order valence-electron chi connectivity index (χ0n) is 17.2. The third-order valence-corrected chi connectivity index (χ3v) is 4.27. The number of carbonyl (C=O) groups excluding carboxylic acids is 2. The molecule has 0 saturated carbocycles. The molecule has 0 aromatic heterocycles. The van der Waals surface area contributed by atoms with Crippen LogP contribution in [0.25, 0.3) is 17.2 Å². The van der Waals surface area contributed by atoms with Crippen molar-refractivity contribution in [3.8, 4) is 22.6 Å². The van der Waals surface area contributed by atoms with Gasteiger partial charge in [-0.25, -0.2) is 0 Å². The van der Waals surface area contributed by atoms with Gasteiger partial charge in [0.15, 0.2) is 6.61 Å². The van der Waals surface area contributed by atoms with E-state index in [2.05, 4.69) is 10.9 Å². The van der Waals surface area contributed by atoms with Gasteiger partial charge in [0.05, 0.1) is 6.61 Å². The SMILES string of the molecule is CCOc1ccc(/C=C/C(=O)NNC(=O)COc2ccccc2-c2ccccc2)cc1. The van der Waals surface area contributed by atoms with Crippen LogP contribution in [0.15, 0.2) is 84.9 Å². The van der Waals surface area contributed by atoms with Crippen LogP contribution in [-0.4, -0.2) is 25.0 Å². The van der Waals surface area contributed by atoms with E-state index in [-0.39, 0.29) is 6.61 Å². The van der Waals surface area contributed by atoms with Gasteiger partial charge in [0.2, 0.25) is 0 Å². The fourth-order valence-corrected chi connectivity index (χ4v) is 2.81. The number of para-hydroxylation sites is 1. The van der Waals surface area contributed by atoms with Crippen LogP contribution < -0.4 is 20.3 Å². The highest BCUT2D eigenvalue weighted by atomic mass is 16.5. The maximum absolute atomic E-state index is 12.1. The Morgan fingerprint density at radius 3 is 2.29 bits per heavy atom. The van der Waals surface area contributed by atoms with Crippen molar-refractivity contribution >= 4 is 17.9 Å². The Morgan fingerprint density at radius 1 is 0.839 bits per heavy atom. The van der Waals surface area contributed by atoms with Crippen molar-refractivity contribution in [1.82, 2.24) is 10.9 Å². The fraction of sp³-hybridized carbons (Fsp3) is 0.120. The lowest BCUT2D eigenvalue weighted by molar-refractivity contribution is -0.128. The van der Waals surface area contributed by atoms with Gasteiger partial charge in [-0.3, -0.25) is 20.4 Å². The third kappa shape index (κ3) is 6.75. The average Bonchev–Trinajstić information content (AvgIpc) is 2.82. The van der Waals surface area contributed by atoms with Gasteiger partial charge < -0.3 is 9.47 Å². The molecule has 6 heteroatoms. The van der Waals surface area contributed by atoms with E-state index in [4.69, 9.17) is 9.47 Å². The summed E-state index contributed by atoms with van der Waals surface area (Å²) in [5.74, 6) is 0.438. The number of carbonyl (C=O) groups is 2. The molecule has 0 aliphatic heterocycles. The molecule has 2 amide bonds. The van der Waals surface area contributed by atoms with Crippen LogP contribution in [0.3, 0.4) is 0 Å².